The second-order valence-electron chi connectivity index (χ2n) is 9.96. The number of Topliss-reactive ketones (excluding diaryl/α,β-unsaturated/α-hetero) is 1. The number of hydrogen-bond acceptors (Lipinski definition) is 5. The lowest BCUT2D eigenvalue weighted by Crippen LogP contribution is -2.55. The van der Waals surface area contributed by atoms with E-state index in [1.54, 1.807) is 30.3 Å². The number of anilines is 2. The van der Waals surface area contributed by atoms with Crippen LogP contribution in [0.2, 0.25) is 0 Å². The summed E-state index contributed by atoms with van der Waals surface area (Å²) in [7, 11) is 0. The predicted molar refractivity (Wildman–Crippen MR) is 151 cm³/mol. The standard InChI is InChI=1S/C30H36N4O5/c1-3-33(4-2)22-16-14-21(15-17-22)32-29(38)27(20-10-6-5-7-11-20)34(19-26(35)36)30(39)28(37)24-18-31-25-13-9-8-12-23(24)25/h8-9,12-18,20,27,31H,3-7,10-11,19H2,1-2H3,(H,32,38)(H,35,36). The molecule has 0 saturated heterocycles. The Morgan fingerprint density at radius 3 is 2.28 bits per heavy atom. The van der Waals surface area contributed by atoms with Crippen LogP contribution in [0.25, 0.3) is 10.9 Å². The first-order valence-electron chi connectivity index (χ1n) is 13.6. The summed E-state index contributed by atoms with van der Waals surface area (Å²) >= 11 is 0. The smallest absolute Gasteiger partial charge is 0.323 e. The number of carbonyl (C=O) groups excluding carboxylic acids is 3. The number of nitrogens with zero attached hydrogens (tertiary/aromatic N) is 2. The number of H-pyrrole nitrogens is 1. The normalized spacial score (nSPS) is 14.5. The Morgan fingerprint density at radius 2 is 1.64 bits per heavy atom. The van der Waals surface area contributed by atoms with Crippen molar-refractivity contribution in [2.45, 2.75) is 52.0 Å². The minimum atomic E-state index is -1.28. The molecule has 1 aliphatic carbocycles. The van der Waals surface area contributed by atoms with Gasteiger partial charge < -0.3 is 25.2 Å². The highest BCUT2D eigenvalue weighted by molar-refractivity contribution is 6.45. The fourth-order valence-electron chi connectivity index (χ4n) is 5.57. The number of benzene rings is 2. The van der Waals surface area contributed by atoms with Crippen LogP contribution in [0.5, 0.6) is 0 Å². The predicted octanol–water partition coefficient (Wildman–Crippen LogP) is 4.70. The maximum absolute atomic E-state index is 13.8. The average molecular weight is 533 g/mol. The number of hydrogen-bond donors (Lipinski definition) is 3. The first-order valence-corrected chi connectivity index (χ1v) is 13.6. The molecule has 3 aromatic rings. The molecule has 1 fully saturated rings. The van der Waals surface area contributed by atoms with Gasteiger partial charge in [-0.1, -0.05) is 37.5 Å². The van der Waals surface area contributed by atoms with Crippen LogP contribution >= 0.6 is 0 Å². The van der Waals surface area contributed by atoms with Crippen molar-refractivity contribution in [2.24, 2.45) is 5.92 Å². The number of para-hydroxylation sites is 1. The van der Waals surface area contributed by atoms with Gasteiger partial charge in [0.15, 0.2) is 0 Å². The summed E-state index contributed by atoms with van der Waals surface area (Å²) in [5, 5.41) is 13.2. The molecule has 1 saturated carbocycles. The molecule has 0 bridgehead atoms. The molecule has 9 heteroatoms. The van der Waals surface area contributed by atoms with E-state index in [0.717, 1.165) is 42.9 Å². The molecule has 1 heterocycles. The third kappa shape index (κ3) is 6.30. The van der Waals surface area contributed by atoms with Gasteiger partial charge in [-0.05, 0) is 62.9 Å². The quantitative estimate of drug-likeness (QED) is 0.243. The number of aliphatic carboxylic acids is 1. The van der Waals surface area contributed by atoms with Gasteiger partial charge in [-0.25, -0.2) is 0 Å². The van der Waals surface area contributed by atoms with Gasteiger partial charge >= 0.3 is 5.97 Å². The number of carboxylic acids is 1. The van der Waals surface area contributed by atoms with Gasteiger partial charge in [-0.15, -0.1) is 0 Å². The Bertz CT molecular complexity index is 1320. The molecule has 1 aromatic heterocycles. The van der Waals surface area contributed by atoms with Crippen LogP contribution in [0, 0.1) is 5.92 Å². The minimum absolute atomic E-state index is 0.154. The maximum atomic E-state index is 13.8. The Labute approximate surface area is 228 Å². The van der Waals surface area contributed by atoms with Crippen molar-refractivity contribution in [3.63, 3.8) is 0 Å². The molecule has 206 valence electrons. The summed E-state index contributed by atoms with van der Waals surface area (Å²) < 4.78 is 0. The minimum Gasteiger partial charge on any atom is -0.480 e. The van der Waals surface area contributed by atoms with Gasteiger partial charge in [-0.2, -0.15) is 0 Å². The Balaban J connectivity index is 1.65. The van der Waals surface area contributed by atoms with Gasteiger partial charge in [0.1, 0.15) is 12.6 Å². The number of aromatic nitrogens is 1. The van der Waals surface area contributed by atoms with Crippen molar-refractivity contribution in [1.82, 2.24) is 9.88 Å². The Kier molecular flexibility index (Phi) is 9.01. The summed E-state index contributed by atoms with van der Waals surface area (Å²) in [6.07, 6.45) is 5.56. The molecule has 3 N–H and O–H groups in total. The molecule has 9 nitrogen and oxygen atoms in total. The van der Waals surface area contributed by atoms with Crippen LogP contribution < -0.4 is 10.2 Å². The molecule has 1 unspecified atom stereocenters. The highest BCUT2D eigenvalue weighted by Crippen LogP contribution is 2.31. The molecule has 0 aliphatic heterocycles. The van der Waals surface area contributed by atoms with Crippen LogP contribution in [0.3, 0.4) is 0 Å². The highest BCUT2D eigenvalue weighted by Gasteiger charge is 2.40. The average Bonchev–Trinajstić information content (AvgIpc) is 3.38. The lowest BCUT2D eigenvalue weighted by atomic mass is 9.82. The van der Waals surface area contributed by atoms with Gasteiger partial charge in [0.2, 0.25) is 5.91 Å². The second-order valence-corrected chi connectivity index (χ2v) is 9.96. The maximum Gasteiger partial charge on any atom is 0.323 e. The van der Waals surface area contributed by atoms with Crippen molar-refractivity contribution in [2.75, 3.05) is 29.9 Å². The molecule has 1 aliphatic rings. The SMILES string of the molecule is CCN(CC)c1ccc(NC(=O)C(C2CCCCC2)N(CC(=O)O)C(=O)C(=O)c2c[nH]c3ccccc23)cc1. The summed E-state index contributed by atoms with van der Waals surface area (Å²) in [5.74, 6) is -3.87. The number of ketones is 1. The molecule has 2 aromatic carbocycles. The molecule has 1 atom stereocenters. The van der Waals surface area contributed by atoms with Crippen molar-refractivity contribution in [1.29, 1.82) is 0 Å². The Morgan fingerprint density at radius 1 is 0.974 bits per heavy atom. The molecular formula is C30H36N4O5. The number of carboxylic acid groups (broad SMARTS) is 1. The van der Waals surface area contributed by atoms with E-state index >= 15 is 0 Å². The molecule has 4 rings (SSSR count). The first-order chi connectivity index (χ1) is 18.8. The number of amides is 2. The van der Waals surface area contributed by atoms with Gasteiger partial charge in [-0.3, -0.25) is 19.2 Å². The van der Waals surface area contributed by atoms with E-state index in [0.29, 0.717) is 29.4 Å². The largest absolute Gasteiger partial charge is 0.480 e. The van der Waals surface area contributed by atoms with E-state index < -0.39 is 36.2 Å². The fourth-order valence-corrected chi connectivity index (χ4v) is 5.57. The zero-order valence-corrected chi connectivity index (χ0v) is 22.5. The van der Waals surface area contributed by atoms with E-state index in [1.165, 1.54) is 6.20 Å². The van der Waals surface area contributed by atoms with Crippen LogP contribution in [-0.4, -0.2) is 64.2 Å². The molecule has 2 amide bonds. The van der Waals surface area contributed by atoms with E-state index in [1.807, 2.05) is 18.2 Å². The van der Waals surface area contributed by atoms with E-state index in [-0.39, 0.29) is 11.5 Å². The van der Waals surface area contributed by atoms with Gasteiger partial charge in [0, 0.05) is 41.6 Å². The molecule has 39 heavy (non-hydrogen) atoms. The van der Waals surface area contributed by atoms with Crippen molar-refractivity contribution < 1.29 is 24.3 Å². The van der Waals surface area contributed by atoms with Crippen molar-refractivity contribution in [3.05, 3.63) is 60.3 Å². The van der Waals surface area contributed by atoms with Crippen molar-refractivity contribution >= 4 is 45.8 Å². The third-order valence-electron chi connectivity index (χ3n) is 7.56. The number of nitrogens with one attached hydrogen (secondary N) is 2. The number of rotatable bonds is 11. The zero-order chi connectivity index (χ0) is 27.9. The van der Waals surface area contributed by atoms with E-state index in [4.69, 9.17) is 0 Å². The van der Waals surface area contributed by atoms with Crippen LogP contribution in [0.1, 0.15) is 56.3 Å². The zero-order valence-electron chi connectivity index (χ0n) is 22.5. The lowest BCUT2D eigenvalue weighted by molar-refractivity contribution is -0.147. The number of aromatic amines is 1. The van der Waals surface area contributed by atoms with E-state index in [2.05, 4.69) is 29.0 Å². The van der Waals surface area contributed by atoms with Crippen LogP contribution in [-0.2, 0) is 14.4 Å². The summed E-state index contributed by atoms with van der Waals surface area (Å²) in [4.78, 5) is 58.9. The Hall–Kier alpha value is -4.14. The van der Waals surface area contributed by atoms with Crippen molar-refractivity contribution in [3.8, 4) is 0 Å². The highest BCUT2D eigenvalue weighted by atomic mass is 16.4. The van der Waals surface area contributed by atoms with Crippen LogP contribution in [0.15, 0.2) is 54.7 Å². The first kappa shape index (κ1) is 27.9. The summed E-state index contributed by atoms with van der Waals surface area (Å²) in [5.41, 5.74) is 2.41. The summed E-state index contributed by atoms with van der Waals surface area (Å²) in [6.45, 7) is 5.09. The van der Waals surface area contributed by atoms with Gasteiger partial charge in [0.05, 0.1) is 5.56 Å². The monoisotopic (exact) mass is 532 g/mol. The van der Waals surface area contributed by atoms with Crippen LogP contribution in [0.4, 0.5) is 11.4 Å². The number of carbonyl (C=O) groups is 4. The topological polar surface area (TPSA) is 123 Å². The van der Waals surface area contributed by atoms with E-state index in [9.17, 15) is 24.3 Å². The summed E-state index contributed by atoms with van der Waals surface area (Å²) in [6, 6.07) is 13.4. The second kappa shape index (κ2) is 12.6. The lowest BCUT2D eigenvalue weighted by Gasteiger charge is -2.36. The molecular weight excluding hydrogens is 496 g/mol. The molecule has 0 radical (unpaired) electrons. The van der Waals surface area contributed by atoms with Gasteiger partial charge in [0.25, 0.3) is 11.7 Å². The fraction of sp³-hybridized carbons (Fsp3) is 0.400. The molecule has 0 spiro atoms. The number of fused-ring (bicyclic) bond motifs is 1. The third-order valence-corrected chi connectivity index (χ3v) is 7.56.